The van der Waals surface area contributed by atoms with Gasteiger partial charge in [-0.15, -0.1) is 0 Å². The minimum Gasteiger partial charge on any atom is -0.355 e. The van der Waals surface area contributed by atoms with E-state index in [4.69, 9.17) is 0 Å². The molecule has 0 atom stereocenters. The van der Waals surface area contributed by atoms with Crippen molar-refractivity contribution < 1.29 is 13.2 Å². The van der Waals surface area contributed by atoms with Gasteiger partial charge in [0.2, 0.25) is 5.91 Å². The minimum absolute atomic E-state index is 0.187. The summed E-state index contributed by atoms with van der Waals surface area (Å²) < 4.78 is 24.5. The van der Waals surface area contributed by atoms with Gasteiger partial charge in [0.25, 0.3) is 0 Å². The van der Waals surface area contributed by atoms with Crippen LogP contribution in [0, 0.1) is 0 Å². The van der Waals surface area contributed by atoms with Crippen LogP contribution in [0.15, 0.2) is 47.4 Å². The summed E-state index contributed by atoms with van der Waals surface area (Å²) in [5.41, 5.74) is 0. The van der Waals surface area contributed by atoms with Crippen LogP contribution in [-0.4, -0.2) is 26.6 Å². The molecule has 0 aliphatic heterocycles. The van der Waals surface area contributed by atoms with Crippen LogP contribution >= 0.6 is 0 Å². The molecule has 0 saturated heterocycles. The predicted molar refractivity (Wildman–Crippen MR) is 83.9 cm³/mol. The maximum atomic E-state index is 12.3. The van der Waals surface area contributed by atoms with Crippen molar-refractivity contribution in [3.63, 3.8) is 0 Å². The molecule has 0 saturated carbocycles. The van der Waals surface area contributed by atoms with Crippen molar-refractivity contribution in [1.29, 1.82) is 0 Å². The summed E-state index contributed by atoms with van der Waals surface area (Å²) >= 11 is 0. The molecule has 5 heteroatoms. The Kier molecular flexibility index (Phi) is 4.96. The minimum atomic E-state index is -3.60. The van der Waals surface area contributed by atoms with Crippen LogP contribution in [0.5, 0.6) is 0 Å². The van der Waals surface area contributed by atoms with Crippen LogP contribution in [0.3, 0.4) is 0 Å². The molecular formula is C16H19NO3S. The monoisotopic (exact) mass is 305 g/mol. The Morgan fingerprint density at radius 1 is 1.10 bits per heavy atom. The zero-order chi connectivity index (χ0) is 15.3. The number of nitrogens with one attached hydrogen (secondary N) is 1. The van der Waals surface area contributed by atoms with E-state index in [1.807, 2.05) is 31.2 Å². The van der Waals surface area contributed by atoms with Gasteiger partial charge in [0, 0.05) is 6.54 Å². The smallest absolute Gasteiger partial charge is 0.235 e. The lowest BCUT2D eigenvalue weighted by Gasteiger charge is -2.07. The average Bonchev–Trinajstić information content (AvgIpc) is 2.46. The molecule has 4 nitrogen and oxygen atoms in total. The van der Waals surface area contributed by atoms with Gasteiger partial charge in [-0.2, -0.15) is 0 Å². The van der Waals surface area contributed by atoms with E-state index in [1.54, 1.807) is 18.2 Å². The first-order valence-electron chi connectivity index (χ1n) is 7.01. The van der Waals surface area contributed by atoms with Crippen molar-refractivity contribution in [2.45, 2.75) is 24.7 Å². The predicted octanol–water partition coefficient (Wildman–Crippen LogP) is 2.53. The molecule has 0 radical (unpaired) electrons. The van der Waals surface area contributed by atoms with Crippen LogP contribution in [0.2, 0.25) is 0 Å². The first-order valence-corrected chi connectivity index (χ1v) is 8.66. The third-order valence-corrected chi connectivity index (χ3v) is 4.87. The summed E-state index contributed by atoms with van der Waals surface area (Å²) in [6, 6.07) is 12.5. The van der Waals surface area contributed by atoms with Gasteiger partial charge in [-0.25, -0.2) is 8.42 Å². The number of rotatable bonds is 6. The lowest BCUT2D eigenvalue weighted by molar-refractivity contribution is -0.118. The highest BCUT2D eigenvalue weighted by atomic mass is 32.2. The van der Waals surface area contributed by atoms with E-state index in [-0.39, 0.29) is 4.90 Å². The number of sulfone groups is 1. The molecule has 0 heterocycles. The first-order chi connectivity index (χ1) is 10.0. The van der Waals surface area contributed by atoms with Crippen LogP contribution in [-0.2, 0) is 14.6 Å². The first kappa shape index (κ1) is 15.5. The lowest BCUT2D eigenvalue weighted by Crippen LogP contribution is -2.31. The highest BCUT2D eigenvalue weighted by molar-refractivity contribution is 7.92. The maximum absolute atomic E-state index is 12.3. The largest absolute Gasteiger partial charge is 0.355 e. The number of carbonyl (C=O) groups is 1. The molecule has 0 aromatic heterocycles. The number of hydrogen-bond acceptors (Lipinski definition) is 3. The molecular weight excluding hydrogens is 286 g/mol. The van der Waals surface area contributed by atoms with Gasteiger partial charge in [-0.05, 0) is 29.3 Å². The van der Waals surface area contributed by atoms with Crippen LogP contribution in [0.25, 0.3) is 10.8 Å². The zero-order valence-electron chi connectivity index (χ0n) is 12.0. The van der Waals surface area contributed by atoms with E-state index in [0.29, 0.717) is 6.54 Å². The molecule has 0 bridgehead atoms. The highest BCUT2D eigenvalue weighted by Gasteiger charge is 2.19. The van der Waals surface area contributed by atoms with Crippen molar-refractivity contribution in [1.82, 2.24) is 5.32 Å². The molecule has 2 rings (SSSR count). The van der Waals surface area contributed by atoms with Crippen LogP contribution < -0.4 is 5.32 Å². The van der Waals surface area contributed by atoms with Gasteiger partial charge in [-0.1, -0.05) is 43.7 Å². The summed E-state index contributed by atoms with van der Waals surface area (Å²) in [7, 11) is -3.60. The third-order valence-electron chi connectivity index (χ3n) is 3.25. The molecule has 21 heavy (non-hydrogen) atoms. The SMILES string of the molecule is CCCCNC(=O)CS(=O)(=O)c1ccc2ccccc2c1. The molecule has 112 valence electrons. The van der Waals surface area contributed by atoms with Crippen molar-refractivity contribution >= 4 is 26.5 Å². The van der Waals surface area contributed by atoms with E-state index in [0.717, 1.165) is 23.6 Å². The van der Waals surface area contributed by atoms with Crippen molar-refractivity contribution in [3.05, 3.63) is 42.5 Å². The Hall–Kier alpha value is -1.88. The van der Waals surface area contributed by atoms with E-state index in [2.05, 4.69) is 5.32 Å². The molecule has 1 amide bonds. The second-order valence-corrected chi connectivity index (χ2v) is 6.96. The van der Waals surface area contributed by atoms with Gasteiger partial charge < -0.3 is 5.32 Å². The number of hydrogen-bond donors (Lipinski definition) is 1. The molecule has 0 aliphatic carbocycles. The maximum Gasteiger partial charge on any atom is 0.235 e. The topological polar surface area (TPSA) is 63.2 Å². The second-order valence-electron chi connectivity index (χ2n) is 4.97. The van der Waals surface area contributed by atoms with Crippen molar-refractivity contribution in [2.24, 2.45) is 0 Å². The molecule has 0 unspecified atom stereocenters. The summed E-state index contributed by atoms with van der Waals surface area (Å²) in [4.78, 5) is 11.9. The summed E-state index contributed by atoms with van der Waals surface area (Å²) in [6.45, 7) is 2.53. The van der Waals surface area contributed by atoms with E-state index >= 15 is 0 Å². The molecule has 1 N–H and O–H groups in total. The van der Waals surface area contributed by atoms with E-state index in [1.165, 1.54) is 0 Å². The Balaban J connectivity index is 2.15. The van der Waals surface area contributed by atoms with Gasteiger partial charge in [0.15, 0.2) is 9.84 Å². The summed E-state index contributed by atoms with van der Waals surface area (Å²) in [5, 5.41) is 4.46. The number of benzene rings is 2. The Labute approximate surface area is 125 Å². The van der Waals surface area contributed by atoms with Crippen LogP contribution in [0.4, 0.5) is 0 Å². The fourth-order valence-electron chi connectivity index (χ4n) is 2.07. The molecule has 0 aliphatic rings. The Morgan fingerprint density at radius 3 is 2.52 bits per heavy atom. The third kappa shape index (κ3) is 4.04. The van der Waals surface area contributed by atoms with Gasteiger partial charge in [0.05, 0.1) is 4.90 Å². The second kappa shape index (κ2) is 6.72. The van der Waals surface area contributed by atoms with E-state index in [9.17, 15) is 13.2 Å². The molecule has 2 aromatic carbocycles. The number of carbonyl (C=O) groups excluding carboxylic acids is 1. The Morgan fingerprint density at radius 2 is 1.81 bits per heavy atom. The fourth-order valence-corrected chi connectivity index (χ4v) is 3.27. The number of amides is 1. The normalized spacial score (nSPS) is 11.5. The summed E-state index contributed by atoms with van der Waals surface area (Å²) in [6.07, 6.45) is 1.81. The standard InChI is InChI=1S/C16H19NO3S/c1-2-3-10-17-16(18)12-21(19,20)15-9-8-13-6-4-5-7-14(13)11-15/h4-9,11H,2-3,10,12H2,1H3,(H,17,18). The highest BCUT2D eigenvalue weighted by Crippen LogP contribution is 2.19. The molecule has 0 spiro atoms. The van der Waals surface area contributed by atoms with Crippen molar-refractivity contribution in [2.75, 3.05) is 12.3 Å². The molecule has 2 aromatic rings. The fraction of sp³-hybridized carbons (Fsp3) is 0.312. The average molecular weight is 305 g/mol. The number of unbranched alkanes of at least 4 members (excludes halogenated alkanes) is 1. The van der Waals surface area contributed by atoms with Gasteiger partial charge >= 0.3 is 0 Å². The quantitative estimate of drug-likeness (QED) is 0.834. The van der Waals surface area contributed by atoms with Gasteiger partial charge in [0.1, 0.15) is 5.75 Å². The summed E-state index contributed by atoms with van der Waals surface area (Å²) in [5.74, 6) is -0.952. The number of fused-ring (bicyclic) bond motifs is 1. The lowest BCUT2D eigenvalue weighted by atomic mass is 10.1. The van der Waals surface area contributed by atoms with E-state index < -0.39 is 21.5 Å². The zero-order valence-corrected chi connectivity index (χ0v) is 12.8. The molecule has 0 fully saturated rings. The van der Waals surface area contributed by atoms with Crippen molar-refractivity contribution in [3.8, 4) is 0 Å². The Bertz CT molecular complexity index is 738. The van der Waals surface area contributed by atoms with Gasteiger partial charge in [-0.3, -0.25) is 4.79 Å². The van der Waals surface area contributed by atoms with Crippen LogP contribution in [0.1, 0.15) is 19.8 Å².